The molecule has 2 N–H and O–H groups in total. The highest BCUT2D eigenvalue weighted by atomic mass is 32.2. The van der Waals surface area contributed by atoms with E-state index >= 15 is 0 Å². The molecule has 0 radical (unpaired) electrons. The molecular weight excluding hydrogens is 270 g/mol. The van der Waals surface area contributed by atoms with Crippen LogP contribution in [0.4, 0.5) is 0 Å². The number of aromatic nitrogens is 2. The van der Waals surface area contributed by atoms with Gasteiger partial charge >= 0.3 is 0 Å². The maximum absolute atomic E-state index is 6.12. The number of hydrogen-bond acceptors (Lipinski definition) is 5. The lowest BCUT2D eigenvalue weighted by atomic mass is 10.1. The van der Waals surface area contributed by atoms with Crippen molar-refractivity contribution in [3.05, 3.63) is 47.6 Å². The second-order valence-corrected chi connectivity index (χ2v) is 7.55. The van der Waals surface area contributed by atoms with Crippen molar-refractivity contribution in [2.24, 2.45) is 5.73 Å². The molecule has 0 fully saturated rings. The van der Waals surface area contributed by atoms with Crippen LogP contribution in [0.25, 0.3) is 0 Å². The topological polar surface area (TPSA) is 64.9 Å². The molecule has 0 saturated carbocycles. The zero-order valence-corrected chi connectivity index (χ0v) is 13.0. The van der Waals surface area contributed by atoms with Crippen LogP contribution < -0.4 is 5.73 Å². The van der Waals surface area contributed by atoms with Gasteiger partial charge in [-0.3, -0.25) is 0 Å². The number of hydrogen-bond donors (Lipinski definition) is 1. The molecule has 0 unspecified atom stereocenters. The molecular formula is C15H21N3OS. The first kappa shape index (κ1) is 15.1. The van der Waals surface area contributed by atoms with Crippen LogP contribution >= 0.6 is 11.8 Å². The van der Waals surface area contributed by atoms with Gasteiger partial charge < -0.3 is 10.3 Å². The van der Waals surface area contributed by atoms with E-state index in [1.54, 1.807) is 11.8 Å². The number of thioether (sulfide) groups is 1. The fourth-order valence-electron chi connectivity index (χ4n) is 1.71. The maximum atomic E-state index is 6.12. The van der Waals surface area contributed by atoms with E-state index in [4.69, 9.17) is 10.3 Å². The first-order valence-electron chi connectivity index (χ1n) is 6.70. The number of rotatable bonds is 5. The molecule has 0 aliphatic carbocycles. The number of benzene rings is 1. The maximum Gasteiger partial charge on any atom is 0.243 e. The average Bonchev–Trinajstić information content (AvgIpc) is 2.86. The minimum atomic E-state index is -0.252. The lowest BCUT2D eigenvalue weighted by Gasteiger charge is -2.15. The summed E-state index contributed by atoms with van der Waals surface area (Å²) in [6, 6.07) is 9.84. The van der Waals surface area contributed by atoms with Gasteiger partial charge in [0, 0.05) is 4.75 Å². The third-order valence-corrected chi connectivity index (χ3v) is 4.00. The van der Waals surface area contributed by atoms with E-state index in [1.165, 1.54) is 5.56 Å². The monoisotopic (exact) mass is 291 g/mol. The fourth-order valence-corrected chi connectivity index (χ4v) is 2.39. The third kappa shape index (κ3) is 4.65. The average molecular weight is 291 g/mol. The van der Waals surface area contributed by atoms with Gasteiger partial charge in [0.25, 0.3) is 0 Å². The summed E-state index contributed by atoms with van der Waals surface area (Å²) >= 11 is 1.79. The zero-order valence-electron chi connectivity index (χ0n) is 12.2. The zero-order chi connectivity index (χ0) is 14.6. The van der Waals surface area contributed by atoms with Gasteiger partial charge in [0.1, 0.15) is 0 Å². The van der Waals surface area contributed by atoms with Crippen LogP contribution in [0.1, 0.15) is 44.1 Å². The van der Waals surface area contributed by atoms with Crippen LogP contribution in [0, 0.1) is 0 Å². The van der Waals surface area contributed by atoms with E-state index in [-0.39, 0.29) is 10.8 Å². The minimum Gasteiger partial charge on any atom is -0.338 e. The summed E-state index contributed by atoms with van der Waals surface area (Å²) < 4.78 is 5.45. The van der Waals surface area contributed by atoms with Crippen molar-refractivity contribution in [1.29, 1.82) is 0 Å². The molecule has 1 heterocycles. The lowest BCUT2D eigenvalue weighted by molar-refractivity contribution is 0.351. The van der Waals surface area contributed by atoms with Gasteiger partial charge in [0.05, 0.1) is 11.8 Å². The highest BCUT2D eigenvalue weighted by Crippen LogP contribution is 2.26. The van der Waals surface area contributed by atoms with E-state index in [2.05, 4.69) is 30.9 Å². The highest BCUT2D eigenvalue weighted by Gasteiger charge is 2.17. The van der Waals surface area contributed by atoms with E-state index in [1.807, 2.05) is 30.3 Å². The Hall–Kier alpha value is -1.33. The Morgan fingerprint density at radius 2 is 1.95 bits per heavy atom. The standard InChI is InChI=1S/C15H21N3OS/c1-15(2,3)20-10-13-17-14(19-18-13)12(16)9-11-7-5-4-6-8-11/h4-8,12H,9-10,16H2,1-3H3/t12-/m1/s1. The molecule has 1 aromatic carbocycles. The molecule has 4 nitrogen and oxygen atoms in total. The van der Waals surface area contributed by atoms with Gasteiger partial charge in [-0.15, -0.1) is 11.8 Å². The first-order valence-corrected chi connectivity index (χ1v) is 7.68. The molecule has 1 atom stereocenters. The Balaban J connectivity index is 1.94. The van der Waals surface area contributed by atoms with Crippen LogP contribution in [0.3, 0.4) is 0 Å². The van der Waals surface area contributed by atoms with Crippen molar-refractivity contribution in [1.82, 2.24) is 10.1 Å². The molecule has 5 heteroatoms. The quantitative estimate of drug-likeness (QED) is 0.915. The van der Waals surface area contributed by atoms with Crippen LogP contribution in [-0.4, -0.2) is 14.9 Å². The molecule has 0 aliphatic heterocycles. The van der Waals surface area contributed by atoms with Crippen molar-refractivity contribution < 1.29 is 4.52 Å². The first-order chi connectivity index (χ1) is 9.44. The van der Waals surface area contributed by atoms with E-state index < -0.39 is 0 Å². The lowest BCUT2D eigenvalue weighted by Crippen LogP contribution is -2.14. The summed E-state index contributed by atoms with van der Waals surface area (Å²) in [4.78, 5) is 4.39. The molecule has 0 bridgehead atoms. The second kappa shape index (κ2) is 6.41. The Morgan fingerprint density at radius 3 is 2.60 bits per heavy atom. The Bertz CT molecular complexity index is 534. The molecule has 2 aromatic rings. The molecule has 20 heavy (non-hydrogen) atoms. The van der Waals surface area contributed by atoms with Gasteiger partial charge in [-0.25, -0.2) is 0 Å². The number of nitrogens with zero attached hydrogens (tertiary/aromatic N) is 2. The van der Waals surface area contributed by atoms with Gasteiger partial charge in [-0.05, 0) is 12.0 Å². The summed E-state index contributed by atoms with van der Waals surface area (Å²) in [6.07, 6.45) is 0.703. The van der Waals surface area contributed by atoms with Gasteiger partial charge in [-0.1, -0.05) is 56.3 Å². The summed E-state index contributed by atoms with van der Waals surface area (Å²) in [5, 5.41) is 4.00. The third-order valence-electron chi connectivity index (χ3n) is 2.73. The van der Waals surface area contributed by atoms with E-state index in [0.717, 1.165) is 5.75 Å². The number of nitrogens with two attached hydrogens (primary N) is 1. The van der Waals surface area contributed by atoms with Gasteiger partial charge in [-0.2, -0.15) is 4.98 Å². The predicted molar refractivity (Wildman–Crippen MR) is 82.4 cm³/mol. The molecule has 108 valence electrons. The second-order valence-electron chi connectivity index (χ2n) is 5.75. The van der Waals surface area contributed by atoms with Crippen molar-refractivity contribution in [3.63, 3.8) is 0 Å². The Kier molecular flexibility index (Phi) is 4.83. The predicted octanol–water partition coefficient (Wildman–Crippen LogP) is 3.34. The van der Waals surface area contributed by atoms with Crippen molar-refractivity contribution in [2.45, 2.75) is 43.7 Å². The summed E-state index contributed by atoms with van der Waals surface area (Å²) in [5.74, 6) is 1.97. The van der Waals surface area contributed by atoms with Crippen LogP contribution in [0.5, 0.6) is 0 Å². The minimum absolute atomic E-state index is 0.187. The molecule has 0 aliphatic rings. The summed E-state index contributed by atoms with van der Waals surface area (Å²) in [5.41, 5.74) is 7.29. The Labute approximate surface area is 124 Å². The van der Waals surface area contributed by atoms with Gasteiger partial charge in [0.15, 0.2) is 5.82 Å². The largest absolute Gasteiger partial charge is 0.338 e. The van der Waals surface area contributed by atoms with Crippen LogP contribution in [-0.2, 0) is 12.2 Å². The molecule has 0 amide bonds. The van der Waals surface area contributed by atoms with E-state index in [9.17, 15) is 0 Å². The van der Waals surface area contributed by atoms with Crippen LogP contribution in [0.15, 0.2) is 34.9 Å². The smallest absolute Gasteiger partial charge is 0.243 e. The fraction of sp³-hybridized carbons (Fsp3) is 0.467. The SMILES string of the molecule is CC(C)(C)SCc1noc([C@H](N)Cc2ccccc2)n1. The normalized spacial score (nSPS) is 13.4. The van der Waals surface area contributed by atoms with Crippen molar-refractivity contribution in [3.8, 4) is 0 Å². The molecule has 2 rings (SSSR count). The summed E-state index contributed by atoms with van der Waals surface area (Å²) in [6.45, 7) is 6.50. The Morgan fingerprint density at radius 1 is 1.25 bits per heavy atom. The summed E-state index contributed by atoms with van der Waals surface area (Å²) in [7, 11) is 0. The molecule has 1 aromatic heterocycles. The van der Waals surface area contributed by atoms with Crippen molar-refractivity contribution >= 4 is 11.8 Å². The molecule has 0 saturated heterocycles. The van der Waals surface area contributed by atoms with Crippen LogP contribution in [0.2, 0.25) is 0 Å². The van der Waals surface area contributed by atoms with Gasteiger partial charge in [0.2, 0.25) is 5.89 Å². The highest BCUT2D eigenvalue weighted by molar-refractivity contribution is 7.99. The van der Waals surface area contributed by atoms with Crippen molar-refractivity contribution in [2.75, 3.05) is 0 Å². The van der Waals surface area contributed by atoms with E-state index in [0.29, 0.717) is 18.1 Å². The molecule has 0 spiro atoms.